The predicted octanol–water partition coefficient (Wildman–Crippen LogP) is 3.88. The summed E-state index contributed by atoms with van der Waals surface area (Å²) in [5.41, 5.74) is 5.24. The van der Waals surface area contributed by atoms with Gasteiger partial charge in [0, 0.05) is 19.3 Å². The van der Waals surface area contributed by atoms with Crippen molar-refractivity contribution in [2.24, 2.45) is 12.5 Å². The minimum absolute atomic E-state index is 0.00141. The largest absolute Gasteiger partial charge is 0.376 e. The van der Waals surface area contributed by atoms with E-state index in [0.717, 1.165) is 29.7 Å². The number of nitrogens with one attached hydrogen (secondary N) is 1. The second-order valence-electron chi connectivity index (χ2n) is 8.46. The van der Waals surface area contributed by atoms with E-state index in [1.54, 1.807) is 4.57 Å². The number of rotatable bonds is 2. The second-order valence-corrected chi connectivity index (χ2v) is 8.46. The lowest BCUT2D eigenvalue weighted by molar-refractivity contribution is 0.342. The van der Waals surface area contributed by atoms with Gasteiger partial charge in [0.05, 0.1) is 17.3 Å². The van der Waals surface area contributed by atoms with Crippen molar-refractivity contribution in [3.05, 3.63) is 58.1 Å². The van der Waals surface area contributed by atoms with E-state index < -0.39 is 0 Å². The van der Waals surface area contributed by atoms with Crippen LogP contribution in [0.5, 0.6) is 0 Å². The fraction of sp³-hybridized carbons (Fsp3) is 0.429. The number of anilines is 1. The van der Waals surface area contributed by atoms with Gasteiger partial charge in [-0.1, -0.05) is 39.0 Å². The van der Waals surface area contributed by atoms with Crippen LogP contribution in [-0.4, -0.2) is 14.1 Å². The fourth-order valence-corrected chi connectivity index (χ4v) is 3.77. The van der Waals surface area contributed by atoms with Crippen LogP contribution in [0.25, 0.3) is 11.2 Å². The van der Waals surface area contributed by atoms with Crippen molar-refractivity contribution in [1.29, 1.82) is 0 Å². The summed E-state index contributed by atoms with van der Waals surface area (Å²) in [5.74, 6) is 0. The summed E-state index contributed by atoms with van der Waals surface area (Å²) in [6.07, 6.45) is 2.05. The highest BCUT2D eigenvalue weighted by molar-refractivity contribution is 5.72. The van der Waals surface area contributed by atoms with Gasteiger partial charge in [0.1, 0.15) is 0 Å². The number of fused-ring (bicyclic) bond motifs is 2. The zero-order valence-electron chi connectivity index (χ0n) is 15.9. The molecule has 0 amide bonds. The van der Waals surface area contributed by atoms with Crippen molar-refractivity contribution < 1.29 is 0 Å². The van der Waals surface area contributed by atoms with Gasteiger partial charge in [0.15, 0.2) is 5.65 Å². The smallest absolute Gasteiger partial charge is 0.330 e. The summed E-state index contributed by atoms with van der Waals surface area (Å²) in [6.45, 7) is 7.11. The average molecular weight is 350 g/mol. The summed E-state index contributed by atoms with van der Waals surface area (Å²) in [7, 11) is 1.81. The number of imidazole rings is 1. The van der Waals surface area contributed by atoms with Crippen LogP contribution in [0, 0.1) is 5.41 Å². The molecule has 1 aliphatic heterocycles. The van der Waals surface area contributed by atoms with E-state index in [2.05, 4.69) is 56.4 Å². The number of nitrogens with zero attached hydrogens (tertiary/aromatic N) is 3. The van der Waals surface area contributed by atoms with Crippen LogP contribution in [-0.2, 0) is 20.0 Å². The van der Waals surface area contributed by atoms with Crippen LogP contribution in [0.4, 0.5) is 5.69 Å². The maximum absolute atomic E-state index is 12.7. The molecule has 3 aromatic rings. The molecule has 1 N–H and O–H groups in total. The van der Waals surface area contributed by atoms with E-state index in [9.17, 15) is 4.79 Å². The number of aryl methyl sites for hydroxylation is 2. The standard InChI is InChI=1S/C21H26N4O/c1-21(2,3)13-25-18-12-11-17(23-19(18)24(4)20(25)26)16-10-9-14-7-5-6-8-15(14)22-16/h5-8,11-12,16,22H,9-10,13H2,1-4H3. The summed E-state index contributed by atoms with van der Waals surface area (Å²) in [6, 6.07) is 12.7. The molecule has 1 unspecified atom stereocenters. The lowest BCUT2D eigenvalue weighted by atomic mass is 9.96. The number of hydrogen-bond acceptors (Lipinski definition) is 3. The van der Waals surface area contributed by atoms with Crippen LogP contribution in [0.1, 0.15) is 44.5 Å². The molecular weight excluding hydrogens is 324 g/mol. The predicted molar refractivity (Wildman–Crippen MR) is 106 cm³/mol. The van der Waals surface area contributed by atoms with E-state index in [0.29, 0.717) is 6.54 Å². The van der Waals surface area contributed by atoms with Gasteiger partial charge in [0.25, 0.3) is 0 Å². The highest BCUT2D eigenvalue weighted by Crippen LogP contribution is 2.32. The molecule has 4 rings (SSSR count). The molecule has 136 valence electrons. The average Bonchev–Trinajstić information content (AvgIpc) is 2.84. The second kappa shape index (κ2) is 6.01. The molecule has 3 heterocycles. The number of hydrogen-bond donors (Lipinski definition) is 1. The topological polar surface area (TPSA) is 51.9 Å². The SMILES string of the molecule is Cn1c(=O)n(CC(C)(C)C)c2ccc(C3CCc4ccccc4N3)nc21. The summed E-state index contributed by atoms with van der Waals surface area (Å²) < 4.78 is 3.51. The van der Waals surface area contributed by atoms with E-state index in [4.69, 9.17) is 4.98 Å². The van der Waals surface area contributed by atoms with Crippen LogP contribution in [0.2, 0.25) is 0 Å². The molecule has 1 aromatic carbocycles. The van der Waals surface area contributed by atoms with Gasteiger partial charge in [-0.2, -0.15) is 0 Å². The molecule has 0 saturated heterocycles. The lowest BCUT2D eigenvalue weighted by Gasteiger charge is -2.26. The van der Waals surface area contributed by atoms with E-state index in [1.807, 2.05) is 17.7 Å². The molecule has 1 atom stereocenters. The molecule has 5 heteroatoms. The molecule has 0 bridgehead atoms. The number of para-hydroxylation sites is 1. The Morgan fingerprint density at radius 2 is 1.96 bits per heavy atom. The maximum Gasteiger partial charge on any atom is 0.330 e. The van der Waals surface area contributed by atoms with Crippen molar-refractivity contribution in [3.8, 4) is 0 Å². The van der Waals surface area contributed by atoms with Crippen molar-refractivity contribution in [2.75, 3.05) is 5.32 Å². The van der Waals surface area contributed by atoms with Crippen LogP contribution in [0.15, 0.2) is 41.2 Å². The molecule has 26 heavy (non-hydrogen) atoms. The molecule has 1 aliphatic rings. The van der Waals surface area contributed by atoms with Gasteiger partial charge in [-0.3, -0.25) is 9.13 Å². The zero-order chi connectivity index (χ0) is 18.5. The van der Waals surface area contributed by atoms with Gasteiger partial charge in [-0.05, 0) is 42.0 Å². The van der Waals surface area contributed by atoms with Crippen LogP contribution < -0.4 is 11.0 Å². The van der Waals surface area contributed by atoms with Gasteiger partial charge in [0.2, 0.25) is 0 Å². The minimum Gasteiger partial charge on any atom is -0.376 e. The van der Waals surface area contributed by atoms with Gasteiger partial charge in [-0.25, -0.2) is 9.78 Å². The van der Waals surface area contributed by atoms with Gasteiger partial charge < -0.3 is 5.32 Å². The Balaban J connectivity index is 1.73. The van der Waals surface area contributed by atoms with E-state index in [1.165, 1.54) is 11.3 Å². The van der Waals surface area contributed by atoms with Crippen LogP contribution in [0.3, 0.4) is 0 Å². The maximum atomic E-state index is 12.7. The normalized spacial score (nSPS) is 17.2. The summed E-state index contributed by atoms with van der Waals surface area (Å²) in [5, 5.41) is 3.60. The zero-order valence-corrected chi connectivity index (χ0v) is 15.9. The Kier molecular flexibility index (Phi) is 3.90. The minimum atomic E-state index is 0.00141. The number of benzene rings is 1. The summed E-state index contributed by atoms with van der Waals surface area (Å²) in [4.78, 5) is 17.5. The molecule has 0 radical (unpaired) electrons. The van der Waals surface area contributed by atoms with Crippen molar-refractivity contribution in [2.45, 2.75) is 46.2 Å². The summed E-state index contributed by atoms with van der Waals surface area (Å²) >= 11 is 0. The molecule has 2 aromatic heterocycles. The first-order chi connectivity index (χ1) is 12.3. The Morgan fingerprint density at radius 3 is 2.73 bits per heavy atom. The molecular formula is C21H26N4O. The third-order valence-electron chi connectivity index (χ3n) is 5.04. The van der Waals surface area contributed by atoms with Gasteiger partial charge in [-0.15, -0.1) is 0 Å². The Hall–Kier alpha value is -2.56. The first-order valence-corrected chi connectivity index (χ1v) is 9.24. The Bertz CT molecular complexity index is 1020. The fourth-order valence-electron chi connectivity index (χ4n) is 3.77. The highest BCUT2D eigenvalue weighted by atomic mass is 16.1. The molecule has 0 spiro atoms. The Labute approximate surface area is 153 Å². The Morgan fingerprint density at radius 1 is 1.19 bits per heavy atom. The van der Waals surface area contributed by atoms with Crippen molar-refractivity contribution in [1.82, 2.24) is 14.1 Å². The monoisotopic (exact) mass is 350 g/mol. The first kappa shape index (κ1) is 16.9. The van der Waals surface area contributed by atoms with Crippen molar-refractivity contribution in [3.63, 3.8) is 0 Å². The first-order valence-electron chi connectivity index (χ1n) is 9.24. The molecule has 0 aliphatic carbocycles. The molecule has 0 fully saturated rings. The third kappa shape index (κ3) is 2.91. The number of aromatic nitrogens is 3. The number of pyridine rings is 1. The lowest BCUT2D eigenvalue weighted by Crippen LogP contribution is -2.27. The highest BCUT2D eigenvalue weighted by Gasteiger charge is 2.23. The van der Waals surface area contributed by atoms with E-state index in [-0.39, 0.29) is 17.1 Å². The third-order valence-corrected chi connectivity index (χ3v) is 5.04. The van der Waals surface area contributed by atoms with E-state index >= 15 is 0 Å². The van der Waals surface area contributed by atoms with Crippen LogP contribution >= 0.6 is 0 Å². The molecule has 5 nitrogen and oxygen atoms in total. The molecule has 0 saturated carbocycles. The van der Waals surface area contributed by atoms with Crippen molar-refractivity contribution >= 4 is 16.9 Å². The van der Waals surface area contributed by atoms with Gasteiger partial charge >= 0.3 is 5.69 Å². The quantitative estimate of drug-likeness (QED) is 0.763.